The highest BCUT2D eigenvalue weighted by Gasteiger charge is 2.40. The summed E-state index contributed by atoms with van der Waals surface area (Å²) in [7, 11) is 1.60. The number of hydrogen-bond donors (Lipinski definition) is 2. The lowest BCUT2D eigenvalue weighted by Crippen LogP contribution is -2.50. The van der Waals surface area contributed by atoms with Gasteiger partial charge in [0, 0.05) is 7.11 Å². The van der Waals surface area contributed by atoms with Gasteiger partial charge >= 0.3 is 5.97 Å². The fourth-order valence-corrected chi connectivity index (χ4v) is 3.06. The van der Waals surface area contributed by atoms with Crippen LogP contribution in [-0.4, -0.2) is 36.3 Å². The molecule has 0 bridgehead atoms. The van der Waals surface area contributed by atoms with Gasteiger partial charge in [0.05, 0.1) is 6.04 Å². The number of methoxy groups -OCH3 is 1. The summed E-state index contributed by atoms with van der Waals surface area (Å²) in [5, 5.41) is 11.6. The molecular weight excluding hydrogens is 310 g/mol. The summed E-state index contributed by atoms with van der Waals surface area (Å²) in [4.78, 5) is 23.1. The molecule has 2 N–H and O–H groups in total. The lowest BCUT2D eigenvalue weighted by Gasteiger charge is -2.35. The van der Waals surface area contributed by atoms with E-state index < -0.39 is 11.6 Å². The van der Waals surface area contributed by atoms with Gasteiger partial charge in [0.2, 0.25) is 0 Å². The van der Waals surface area contributed by atoms with Crippen LogP contribution in [0.2, 0.25) is 0 Å². The minimum atomic E-state index is -1.02. The first-order chi connectivity index (χ1) is 11.5. The predicted octanol–water partition coefficient (Wildman–Crippen LogP) is 2.68. The first-order valence-corrected chi connectivity index (χ1v) is 8.27. The van der Waals surface area contributed by atoms with E-state index >= 15 is 0 Å². The molecule has 0 radical (unpaired) electrons. The van der Waals surface area contributed by atoms with Gasteiger partial charge in [0.1, 0.15) is 11.4 Å². The molecule has 0 aromatic heterocycles. The lowest BCUT2D eigenvalue weighted by atomic mass is 9.83. The molecule has 1 fully saturated rings. The van der Waals surface area contributed by atoms with E-state index in [4.69, 9.17) is 14.6 Å². The maximum absolute atomic E-state index is 12.7. The molecule has 24 heavy (non-hydrogen) atoms. The average molecular weight is 335 g/mol. The van der Waals surface area contributed by atoms with Crippen LogP contribution in [0.5, 0.6) is 5.75 Å². The van der Waals surface area contributed by atoms with Crippen molar-refractivity contribution in [1.82, 2.24) is 5.32 Å². The molecule has 0 aliphatic heterocycles. The summed E-state index contributed by atoms with van der Waals surface area (Å²) in [6.45, 7) is 1.54. The Morgan fingerprint density at radius 2 is 1.83 bits per heavy atom. The first-order valence-electron chi connectivity index (χ1n) is 8.27. The zero-order valence-corrected chi connectivity index (χ0v) is 14.2. The fraction of sp³-hybridized carbons (Fsp3) is 0.556. The zero-order chi connectivity index (χ0) is 17.6. The van der Waals surface area contributed by atoms with Crippen molar-refractivity contribution >= 4 is 11.9 Å². The predicted molar refractivity (Wildman–Crippen MR) is 89.0 cm³/mol. The van der Waals surface area contributed by atoms with Gasteiger partial charge in [-0.2, -0.15) is 0 Å². The Balaban J connectivity index is 1.97. The smallest absolute Gasteiger partial charge is 0.341 e. The largest absolute Gasteiger partial charge is 0.482 e. The van der Waals surface area contributed by atoms with Crippen LogP contribution in [0.3, 0.4) is 0 Å². The van der Waals surface area contributed by atoms with Crippen LogP contribution >= 0.6 is 0 Å². The fourth-order valence-electron chi connectivity index (χ4n) is 3.06. The van der Waals surface area contributed by atoms with Crippen LogP contribution in [-0.2, 0) is 14.3 Å². The Kier molecular flexibility index (Phi) is 6.20. The van der Waals surface area contributed by atoms with Gasteiger partial charge in [0.15, 0.2) is 6.61 Å². The molecule has 6 nitrogen and oxygen atoms in total. The highest BCUT2D eigenvalue weighted by molar-refractivity contribution is 5.85. The van der Waals surface area contributed by atoms with Crippen molar-refractivity contribution in [2.45, 2.75) is 50.7 Å². The summed E-state index contributed by atoms with van der Waals surface area (Å²) < 4.78 is 10.7. The molecule has 1 amide bonds. The molecule has 0 heterocycles. The number of aliphatic carboxylic acids is 1. The molecule has 132 valence electrons. The number of carbonyl (C=O) groups excluding carboxylic acids is 1. The van der Waals surface area contributed by atoms with E-state index in [1.54, 1.807) is 19.2 Å². The quantitative estimate of drug-likeness (QED) is 0.800. The Labute approximate surface area is 142 Å². The number of hydrogen-bond acceptors (Lipinski definition) is 4. The molecule has 1 unspecified atom stereocenters. The number of carboxylic acids is 1. The van der Waals surface area contributed by atoms with Gasteiger partial charge in [-0.25, -0.2) is 4.79 Å². The molecule has 6 heteroatoms. The van der Waals surface area contributed by atoms with Crippen LogP contribution in [0.4, 0.5) is 0 Å². The second-order valence-electron chi connectivity index (χ2n) is 6.21. The molecule has 1 aliphatic rings. The molecule has 0 spiro atoms. The van der Waals surface area contributed by atoms with E-state index in [0.29, 0.717) is 5.75 Å². The average Bonchev–Trinajstić information content (AvgIpc) is 2.60. The number of nitrogens with one attached hydrogen (secondary N) is 1. The molecule has 1 aliphatic carbocycles. The molecule has 1 aromatic carbocycles. The summed E-state index contributed by atoms with van der Waals surface area (Å²) in [5.41, 5.74) is 0.213. The van der Waals surface area contributed by atoms with Crippen LogP contribution < -0.4 is 10.1 Å². The van der Waals surface area contributed by atoms with Crippen molar-refractivity contribution in [3.8, 4) is 5.75 Å². The molecule has 1 saturated carbocycles. The van der Waals surface area contributed by atoms with Crippen molar-refractivity contribution in [2.24, 2.45) is 0 Å². The second-order valence-corrected chi connectivity index (χ2v) is 6.21. The molecular formula is C18H25NO5. The number of benzene rings is 1. The number of amides is 1. The maximum Gasteiger partial charge on any atom is 0.341 e. The van der Waals surface area contributed by atoms with Crippen molar-refractivity contribution in [2.75, 3.05) is 13.7 Å². The highest BCUT2D eigenvalue weighted by Crippen LogP contribution is 2.32. The molecule has 1 atom stereocenters. The zero-order valence-electron chi connectivity index (χ0n) is 14.2. The minimum Gasteiger partial charge on any atom is -0.482 e. The van der Waals surface area contributed by atoms with Crippen LogP contribution in [0.15, 0.2) is 24.3 Å². The van der Waals surface area contributed by atoms with Gasteiger partial charge < -0.3 is 19.9 Å². The third-order valence-corrected chi connectivity index (χ3v) is 4.56. The lowest BCUT2D eigenvalue weighted by molar-refractivity contribution is -0.148. The Bertz CT molecular complexity index is 563. The van der Waals surface area contributed by atoms with Crippen molar-refractivity contribution in [3.63, 3.8) is 0 Å². The van der Waals surface area contributed by atoms with Gasteiger partial charge in [-0.1, -0.05) is 31.4 Å². The van der Waals surface area contributed by atoms with E-state index in [-0.39, 0.29) is 18.6 Å². The standard InChI is InChI=1S/C18H25NO5/c1-13(14-6-8-15(9-7-14)24-12-16(20)21)19-17(22)18(23-2)10-4-3-5-11-18/h6-9,13H,3-5,10-12H2,1-2H3,(H,19,22)(H,20,21). The van der Waals surface area contributed by atoms with Crippen LogP contribution in [0.25, 0.3) is 0 Å². The highest BCUT2D eigenvalue weighted by atomic mass is 16.5. The summed E-state index contributed by atoms with van der Waals surface area (Å²) in [5.74, 6) is -0.597. The Morgan fingerprint density at radius 3 is 2.38 bits per heavy atom. The minimum absolute atomic E-state index is 0.0663. The number of carboxylic acid groups (broad SMARTS) is 1. The number of carbonyl (C=O) groups is 2. The van der Waals surface area contributed by atoms with E-state index in [1.165, 1.54) is 0 Å². The Morgan fingerprint density at radius 1 is 1.21 bits per heavy atom. The van der Waals surface area contributed by atoms with Crippen molar-refractivity contribution < 1.29 is 24.2 Å². The van der Waals surface area contributed by atoms with Crippen LogP contribution in [0, 0.1) is 0 Å². The van der Waals surface area contributed by atoms with E-state index in [0.717, 1.165) is 37.7 Å². The van der Waals surface area contributed by atoms with Gasteiger partial charge in [-0.3, -0.25) is 4.79 Å². The first kappa shape index (κ1) is 18.3. The van der Waals surface area contributed by atoms with Crippen molar-refractivity contribution in [1.29, 1.82) is 0 Å². The maximum atomic E-state index is 12.7. The molecule has 1 aromatic rings. The van der Waals surface area contributed by atoms with Gasteiger partial charge in [-0.05, 0) is 37.5 Å². The normalized spacial score (nSPS) is 17.8. The van der Waals surface area contributed by atoms with E-state index in [1.807, 2.05) is 19.1 Å². The number of rotatable bonds is 7. The molecule has 2 rings (SSSR count). The number of ether oxygens (including phenoxy) is 2. The third-order valence-electron chi connectivity index (χ3n) is 4.56. The van der Waals surface area contributed by atoms with Gasteiger partial charge in [-0.15, -0.1) is 0 Å². The Hall–Kier alpha value is -2.08. The second kappa shape index (κ2) is 8.15. The third kappa shape index (κ3) is 4.47. The SMILES string of the molecule is COC1(C(=O)NC(C)c2ccc(OCC(=O)O)cc2)CCCCC1. The summed E-state index contributed by atoms with van der Waals surface area (Å²) >= 11 is 0. The topological polar surface area (TPSA) is 84.9 Å². The van der Waals surface area contributed by atoms with Crippen LogP contribution in [0.1, 0.15) is 50.6 Å². The monoisotopic (exact) mass is 335 g/mol. The summed E-state index contributed by atoms with van der Waals surface area (Å²) in [6, 6.07) is 6.88. The van der Waals surface area contributed by atoms with Gasteiger partial charge in [0.25, 0.3) is 5.91 Å². The summed E-state index contributed by atoms with van der Waals surface area (Å²) in [6.07, 6.45) is 4.66. The molecule has 0 saturated heterocycles. The van der Waals surface area contributed by atoms with Crippen molar-refractivity contribution in [3.05, 3.63) is 29.8 Å². The van der Waals surface area contributed by atoms with E-state index in [9.17, 15) is 9.59 Å². The van der Waals surface area contributed by atoms with E-state index in [2.05, 4.69) is 5.32 Å².